The van der Waals surface area contributed by atoms with E-state index in [1.807, 2.05) is 37.3 Å². The summed E-state index contributed by atoms with van der Waals surface area (Å²) in [5.41, 5.74) is 8.64. The Hall–Kier alpha value is -2.67. The summed E-state index contributed by atoms with van der Waals surface area (Å²) in [6, 6.07) is 11.2. The van der Waals surface area contributed by atoms with Crippen molar-refractivity contribution in [2.75, 3.05) is 23.4 Å². The third-order valence-corrected chi connectivity index (χ3v) is 2.94. The van der Waals surface area contributed by atoms with E-state index in [0.29, 0.717) is 24.0 Å². The minimum Gasteiger partial charge on any atom is -0.368 e. The van der Waals surface area contributed by atoms with Crippen LogP contribution in [0.15, 0.2) is 36.4 Å². The second-order valence-corrected chi connectivity index (χ2v) is 4.43. The molecule has 1 aromatic heterocycles. The first-order valence-electron chi connectivity index (χ1n) is 6.58. The van der Waals surface area contributed by atoms with E-state index in [9.17, 15) is 4.79 Å². The summed E-state index contributed by atoms with van der Waals surface area (Å²) in [7, 11) is 0. The molecule has 0 atom stereocenters. The number of nitrogen functional groups attached to an aromatic ring is 1. The number of carbonyl (C=O) groups is 1. The van der Waals surface area contributed by atoms with Gasteiger partial charge in [-0.3, -0.25) is 4.79 Å². The lowest BCUT2D eigenvalue weighted by Crippen LogP contribution is -2.34. The number of aromatic nitrogens is 2. The molecule has 1 heterocycles. The van der Waals surface area contributed by atoms with E-state index in [0.717, 1.165) is 5.56 Å². The van der Waals surface area contributed by atoms with Crippen LogP contribution >= 0.6 is 0 Å². The number of carbonyl (C=O) groups excluding carboxylic acids is 1. The Morgan fingerprint density at radius 3 is 2.57 bits per heavy atom. The summed E-state index contributed by atoms with van der Waals surface area (Å²) in [5, 5.41) is 0. The Labute approximate surface area is 123 Å². The molecule has 2 rings (SSSR count). The lowest BCUT2D eigenvalue weighted by atomic mass is 10.2. The monoisotopic (exact) mass is 286 g/mol. The Kier molecular flexibility index (Phi) is 4.68. The molecular formula is C14H18N6O. The van der Waals surface area contributed by atoms with Crippen LogP contribution < -0.4 is 21.9 Å². The molecule has 2 aromatic rings. The molecule has 0 unspecified atom stereocenters. The van der Waals surface area contributed by atoms with Gasteiger partial charge in [0.15, 0.2) is 5.82 Å². The Morgan fingerprint density at radius 1 is 1.29 bits per heavy atom. The maximum absolute atomic E-state index is 11.1. The van der Waals surface area contributed by atoms with Gasteiger partial charge in [0.05, 0.1) is 6.54 Å². The van der Waals surface area contributed by atoms with Gasteiger partial charge < -0.3 is 16.1 Å². The van der Waals surface area contributed by atoms with Gasteiger partial charge in [-0.25, -0.2) is 15.8 Å². The summed E-state index contributed by atoms with van der Waals surface area (Å²) >= 11 is 0. The van der Waals surface area contributed by atoms with E-state index in [1.165, 1.54) is 0 Å². The third kappa shape index (κ3) is 3.67. The van der Waals surface area contributed by atoms with Gasteiger partial charge in [0.2, 0.25) is 5.91 Å². The zero-order valence-corrected chi connectivity index (χ0v) is 11.8. The molecule has 0 spiro atoms. The van der Waals surface area contributed by atoms with Crippen LogP contribution in [0.25, 0.3) is 11.4 Å². The number of rotatable bonds is 6. The van der Waals surface area contributed by atoms with Crippen molar-refractivity contribution in [3.8, 4) is 11.4 Å². The van der Waals surface area contributed by atoms with Crippen LogP contribution in [-0.2, 0) is 4.79 Å². The van der Waals surface area contributed by atoms with Crippen molar-refractivity contribution in [1.82, 2.24) is 9.97 Å². The highest BCUT2D eigenvalue weighted by atomic mass is 16.1. The zero-order valence-electron chi connectivity index (χ0n) is 11.8. The topological polar surface area (TPSA) is 110 Å². The molecule has 7 heteroatoms. The Balaban J connectivity index is 2.44. The summed E-state index contributed by atoms with van der Waals surface area (Å²) in [4.78, 5) is 21.7. The first kappa shape index (κ1) is 14.7. The minimum absolute atomic E-state index is 0.0890. The van der Waals surface area contributed by atoms with Crippen LogP contribution in [0.5, 0.6) is 0 Å². The lowest BCUT2D eigenvalue weighted by molar-refractivity contribution is -0.116. The summed E-state index contributed by atoms with van der Waals surface area (Å²) in [6.07, 6.45) is 0. The average Bonchev–Trinajstić information content (AvgIpc) is 2.52. The molecule has 0 saturated carbocycles. The molecule has 7 nitrogen and oxygen atoms in total. The van der Waals surface area contributed by atoms with E-state index in [1.54, 1.807) is 11.0 Å². The van der Waals surface area contributed by atoms with Crippen LogP contribution in [0.1, 0.15) is 6.92 Å². The van der Waals surface area contributed by atoms with Crippen LogP contribution in [-0.4, -0.2) is 29.0 Å². The van der Waals surface area contributed by atoms with Crippen LogP contribution in [0, 0.1) is 0 Å². The molecule has 0 fully saturated rings. The molecule has 110 valence electrons. The summed E-state index contributed by atoms with van der Waals surface area (Å²) < 4.78 is 0. The standard InChI is InChI=1S/C14H18N6O/c1-2-20(9-11(15)21)13-8-12(19-16)17-14(18-13)10-6-4-3-5-7-10/h3-8H,2,9,16H2,1H3,(H2,15,21)(H,17,18,19). The van der Waals surface area contributed by atoms with Gasteiger partial charge in [-0.1, -0.05) is 30.3 Å². The smallest absolute Gasteiger partial charge is 0.236 e. The first-order valence-corrected chi connectivity index (χ1v) is 6.58. The molecular weight excluding hydrogens is 268 g/mol. The maximum Gasteiger partial charge on any atom is 0.236 e. The van der Waals surface area contributed by atoms with Crippen LogP contribution in [0.2, 0.25) is 0 Å². The summed E-state index contributed by atoms with van der Waals surface area (Å²) in [6.45, 7) is 2.60. The second kappa shape index (κ2) is 6.67. The minimum atomic E-state index is -0.418. The van der Waals surface area contributed by atoms with E-state index >= 15 is 0 Å². The zero-order chi connectivity index (χ0) is 15.2. The van der Waals surface area contributed by atoms with Crippen molar-refractivity contribution in [1.29, 1.82) is 0 Å². The third-order valence-electron chi connectivity index (χ3n) is 2.94. The molecule has 0 saturated heterocycles. The number of anilines is 2. The number of likely N-dealkylation sites (N-methyl/N-ethyl adjacent to an activating group) is 1. The van der Waals surface area contributed by atoms with Gasteiger partial charge in [0, 0.05) is 18.2 Å². The molecule has 0 bridgehead atoms. The number of nitrogens with zero attached hydrogens (tertiary/aromatic N) is 3. The predicted molar refractivity (Wildman–Crippen MR) is 82.4 cm³/mol. The van der Waals surface area contributed by atoms with Gasteiger partial charge in [-0.05, 0) is 6.92 Å². The SMILES string of the molecule is CCN(CC(N)=O)c1cc(NN)nc(-c2ccccc2)n1. The molecule has 0 aliphatic rings. The Morgan fingerprint density at radius 2 is 2.00 bits per heavy atom. The fraction of sp³-hybridized carbons (Fsp3) is 0.214. The maximum atomic E-state index is 11.1. The highest BCUT2D eigenvalue weighted by Crippen LogP contribution is 2.21. The fourth-order valence-corrected chi connectivity index (χ4v) is 1.93. The van der Waals surface area contributed by atoms with Gasteiger partial charge in [-0.2, -0.15) is 0 Å². The second-order valence-electron chi connectivity index (χ2n) is 4.43. The molecule has 1 amide bonds. The van der Waals surface area contributed by atoms with Gasteiger partial charge >= 0.3 is 0 Å². The number of hydrogen-bond acceptors (Lipinski definition) is 6. The normalized spacial score (nSPS) is 10.2. The number of primary amides is 1. The van der Waals surface area contributed by atoms with Crippen molar-refractivity contribution in [3.63, 3.8) is 0 Å². The number of hydrogen-bond donors (Lipinski definition) is 3. The van der Waals surface area contributed by atoms with Crippen molar-refractivity contribution >= 4 is 17.5 Å². The molecule has 5 N–H and O–H groups in total. The van der Waals surface area contributed by atoms with Gasteiger partial charge in [0.25, 0.3) is 0 Å². The van der Waals surface area contributed by atoms with Crippen molar-refractivity contribution in [2.45, 2.75) is 6.92 Å². The lowest BCUT2D eigenvalue weighted by Gasteiger charge is -2.21. The van der Waals surface area contributed by atoms with Gasteiger partial charge in [0.1, 0.15) is 11.6 Å². The number of hydrazine groups is 1. The molecule has 0 aliphatic carbocycles. The molecule has 21 heavy (non-hydrogen) atoms. The van der Waals surface area contributed by atoms with E-state index in [4.69, 9.17) is 11.6 Å². The Bertz CT molecular complexity index is 616. The van der Waals surface area contributed by atoms with Crippen LogP contribution in [0.3, 0.4) is 0 Å². The quantitative estimate of drug-likeness (QED) is 0.533. The number of benzene rings is 1. The molecule has 0 radical (unpaired) electrons. The fourth-order valence-electron chi connectivity index (χ4n) is 1.93. The van der Waals surface area contributed by atoms with E-state index in [-0.39, 0.29) is 6.54 Å². The van der Waals surface area contributed by atoms with Gasteiger partial charge in [-0.15, -0.1) is 0 Å². The average molecular weight is 286 g/mol. The van der Waals surface area contributed by atoms with Crippen molar-refractivity contribution in [3.05, 3.63) is 36.4 Å². The van der Waals surface area contributed by atoms with Crippen LogP contribution in [0.4, 0.5) is 11.6 Å². The molecule has 1 aromatic carbocycles. The van der Waals surface area contributed by atoms with Crippen molar-refractivity contribution in [2.24, 2.45) is 11.6 Å². The predicted octanol–water partition coefficient (Wildman–Crippen LogP) is 0.741. The van der Waals surface area contributed by atoms with E-state index < -0.39 is 5.91 Å². The van der Waals surface area contributed by atoms with E-state index in [2.05, 4.69) is 15.4 Å². The largest absolute Gasteiger partial charge is 0.368 e. The first-order chi connectivity index (χ1) is 10.1. The number of nitrogens with one attached hydrogen (secondary N) is 1. The highest BCUT2D eigenvalue weighted by molar-refractivity contribution is 5.79. The highest BCUT2D eigenvalue weighted by Gasteiger charge is 2.13. The number of nitrogens with two attached hydrogens (primary N) is 2. The molecule has 0 aliphatic heterocycles. The van der Waals surface area contributed by atoms with Crippen molar-refractivity contribution < 1.29 is 4.79 Å². The summed E-state index contributed by atoms with van der Waals surface area (Å²) in [5.74, 6) is 6.64. The number of amides is 1.